The summed E-state index contributed by atoms with van der Waals surface area (Å²) in [5.74, 6) is -2.97. The quantitative estimate of drug-likeness (QED) is 0.577. The van der Waals surface area contributed by atoms with Gasteiger partial charge in [-0.25, -0.2) is 21.9 Å². The highest BCUT2D eigenvalue weighted by atomic mass is 32.2. The monoisotopic (exact) mass is 448 g/mol. The molecule has 11 heteroatoms. The fourth-order valence-corrected chi connectivity index (χ4v) is 3.69. The van der Waals surface area contributed by atoms with Gasteiger partial charge in [0.1, 0.15) is 5.69 Å². The number of aromatic nitrogens is 2. The van der Waals surface area contributed by atoms with E-state index in [1.807, 2.05) is 6.92 Å². The third-order valence-electron chi connectivity index (χ3n) is 4.13. The normalized spacial score (nSPS) is 11.2. The molecule has 0 unspecified atom stereocenters. The van der Waals surface area contributed by atoms with Crippen LogP contribution in [0.4, 0.5) is 20.2 Å². The molecule has 0 radical (unpaired) electrons. The lowest BCUT2D eigenvalue weighted by Crippen LogP contribution is -2.26. The number of nitrogens with one attached hydrogen (secondary N) is 2. The summed E-state index contributed by atoms with van der Waals surface area (Å²) < 4.78 is 54.4. The molecule has 0 saturated heterocycles. The first kappa shape index (κ1) is 22.1. The molecule has 2 aromatic carbocycles. The van der Waals surface area contributed by atoms with Crippen molar-refractivity contribution in [3.8, 4) is 0 Å². The van der Waals surface area contributed by atoms with E-state index < -0.39 is 32.5 Å². The molecule has 3 aromatic rings. The molecule has 0 saturated carbocycles. The summed E-state index contributed by atoms with van der Waals surface area (Å²) >= 11 is 0. The minimum absolute atomic E-state index is 0.0520. The van der Waals surface area contributed by atoms with Gasteiger partial charge in [0.25, 0.3) is 21.5 Å². The first-order valence-electron chi connectivity index (χ1n) is 9.17. The standard InChI is InChI=1S/C20H18F2N4O4S/c1-2-11-26-19(27)10-9-18(24-26)20(28)23-13-3-5-14(6-4-13)25-31(29,30)15-7-8-16(21)17(22)12-15/h3-10,12,25H,2,11H2,1H3,(H,23,28). The predicted octanol–water partition coefficient (Wildman–Crippen LogP) is 2.98. The van der Waals surface area contributed by atoms with E-state index in [4.69, 9.17) is 0 Å². The Morgan fingerprint density at radius 2 is 1.68 bits per heavy atom. The van der Waals surface area contributed by atoms with Crippen molar-refractivity contribution in [3.63, 3.8) is 0 Å². The Kier molecular flexibility index (Phi) is 6.44. The van der Waals surface area contributed by atoms with Crippen LogP contribution in [-0.2, 0) is 16.6 Å². The molecule has 0 aliphatic heterocycles. The lowest BCUT2D eigenvalue weighted by molar-refractivity contribution is 0.101. The molecule has 162 valence electrons. The van der Waals surface area contributed by atoms with E-state index in [0.29, 0.717) is 24.7 Å². The molecule has 0 aliphatic rings. The van der Waals surface area contributed by atoms with Crippen molar-refractivity contribution in [2.75, 3.05) is 10.0 Å². The number of halogens is 2. The lowest BCUT2D eigenvalue weighted by Gasteiger charge is -2.10. The summed E-state index contributed by atoms with van der Waals surface area (Å²) in [5.41, 5.74) is 0.250. The van der Waals surface area contributed by atoms with Gasteiger partial charge >= 0.3 is 0 Å². The van der Waals surface area contributed by atoms with Crippen LogP contribution in [0.2, 0.25) is 0 Å². The molecule has 0 spiro atoms. The molecular formula is C20H18F2N4O4S. The Hall–Kier alpha value is -3.60. The number of carbonyl (C=O) groups excluding carboxylic acids is 1. The van der Waals surface area contributed by atoms with Crippen LogP contribution in [0, 0.1) is 11.6 Å². The van der Waals surface area contributed by atoms with E-state index in [-0.39, 0.29) is 16.9 Å². The highest BCUT2D eigenvalue weighted by Crippen LogP contribution is 2.20. The summed E-state index contributed by atoms with van der Waals surface area (Å²) in [6.45, 7) is 2.26. The van der Waals surface area contributed by atoms with Crippen molar-refractivity contribution in [2.45, 2.75) is 24.8 Å². The van der Waals surface area contributed by atoms with E-state index in [9.17, 15) is 26.8 Å². The van der Waals surface area contributed by atoms with Crippen LogP contribution in [0.3, 0.4) is 0 Å². The van der Waals surface area contributed by atoms with Gasteiger partial charge in [-0.3, -0.25) is 14.3 Å². The van der Waals surface area contributed by atoms with Crippen molar-refractivity contribution in [1.29, 1.82) is 0 Å². The van der Waals surface area contributed by atoms with E-state index in [1.54, 1.807) is 0 Å². The Morgan fingerprint density at radius 3 is 2.32 bits per heavy atom. The second kappa shape index (κ2) is 9.04. The molecule has 0 atom stereocenters. The highest BCUT2D eigenvalue weighted by Gasteiger charge is 2.17. The summed E-state index contributed by atoms with van der Waals surface area (Å²) in [6, 6.07) is 10.5. The van der Waals surface area contributed by atoms with Crippen molar-refractivity contribution in [2.24, 2.45) is 0 Å². The number of sulfonamides is 1. The number of carbonyl (C=O) groups is 1. The number of rotatable bonds is 7. The zero-order valence-electron chi connectivity index (χ0n) is 16.3. The summed E-state index contributed by atoms with van der Waals surface area (Å²) in [5, 5.41) is 6.61. The number of aryl methyl sites for hydroxylation is 1. The van der Waals surface area contributed by atoms with Crippen LogP contribution in [0.15, 0.2) is 64.3 Å². The second-order valence-electron chi connectivity index (χ2n) is 6.49. The Labute approximate surface area is 176 Å². The summed E-state index contributed by atoms with van der Waals surface area (Å²) in [7, 11) is -4.13. The van der Waals surface area contributed by atoms with Crippen LogP contribution in [0.5, 0.6) is 0 Å². The molecule has 8 nitrogen and oxygen atoms in total. The molecule has 3 rings (SSSR count). The Bertz CT molecular complexity index is 1280. The van der Waals surface area contributed by atoms with Crippen LogP contribution in [-0.4, -0.2) is 24.1 Å². The van der Waals surface area contributed by atoms with Gasteiger partial charge < -0.3 is 5.32 Å². The number of amides is 1. The van der Waals surface area contributed by atoms with Gasteiger partial charge in [0, 0.05) is 24.0 Å². The SMILES string of the molecule is CCCn1nc(C(=O)Nc2ccc(NS(=O)(=O)c3ccc(F)c(F)c3)cc2)ccc1=O. The number of anilines is 2. The Morgan fingerprint density at radius 1 is 1.00 bits per heavy atom. The molecule has 1 amide bonds. The van der Waals surface area contributed by atoms with E-state index in [2.05, 4.69) is 15.1 Å². The van der Waals surface area contributed by atoms with Crippen molar-refractivity contribution in [1.82, 2.24) is 9.78 Å². The molecular weight excluding hydrogens is 430 g/mol. The largest absolute Gasteiger partial charge is 0.321 e. The van der Waals surface area contributed by atoms with E-state index in [0.717, 1.165) is 12.1 Å². The molecule has 31 heavy (non-hydrogen) atoms. The molecule has 2 N–H and O–H groups in total. The van der Waals surface area contributed by atoms with E-state index in [1.165, 1.54) is 41.1 Å². The number of hydrogen-bond donors (Lipinski definition) is 2. The number of nitrogens with zero attached hydrogens (tertiary/aromatic N) is 2. The fourth-order valence-electron chi connectivity index (χ4n) is 2.62. The average Bonchev–Trinajstić information content (AvgIpc) is 2.73. The molecule has 1 aromatic heterocycles. The molecule has 1 heterocycles. The fraction of sp³-hybridized carbons (Fsp3) is 0.150. The van der Waals surface area contributed by atoms with Crippen molar-refractivity contribution >= 4 is 27.3 Å². The average molecular weight is 448 g/mol. The second-order valence-corrected chi connectivity index (χ2v) is 8.18. The number of hydrogen-bond acceptors (Lipinski definition) is 5. The van der Waals surface area contributed by atoms with Gasteiger partial charge in [-0.05, 0) is 55.0 Å². The van der Waals surface area contributed by atoms with Gasteiger partial charge in [0.05, 0.1) is 4.90 Å². The molecule has 0 bridgehead atoms. The van der Waals surface area contributed by atoms with Crippen LogP contribution >= 0.6 is 0 Å². The lowest BCUT2D eigenvalue weighted by atomic mass is 10.2. The molecule has 0 fully saturated rings. The zero-order chi connectivity index (χ0) is 22.6. The summed E-state index contributed by atoms with van der Waals surface area (Å²) in [6.07, 6.45) is 0.680. The Balaban J connectivity index is 1.71. The van der Waals surface area contributed by atoms with Crippen LogP contribution < -0.4 is 15.6 Å². The topological polar surface area (TPSA) is 110 Å². The maximum atomic E-state index is 13.3. The maximum absolute atomic E-state index is 13.3. The minimum Gasteiger partial charge on any atom is -0.321 e. The number of benzene rings is 2. The maximum Gasteiger partial charge on any atom is 0.276 e. The first-order chi connectivity index (χ1) is 14.7. The van der Waals surface area contributed by atoms with Crippen molar-refractivity contribution < 1.29 is 22.0 Å². The minimum atomic E-state index is -4.13. The van der Waals surface area contributed by atoms with Gasteiger partial charge in [-0.1, -0.05) is 6.92 Å². The predicted molar refractivity (Wildman–Crippen MR) is 110 cm³/mol. The zero-order valence-corrected chi connectivity index (χ0v) is 17.1. The smallest absolute Gasteiger partial charge is 0.276 e. The van der Waals surface area contributed by atoms with Gasteiger partial charge in [0.2, 0.25) is 0 Å². The summed E-state index contributed by atoms with van der Waals surface area (Å²) in [4.78, 5) is 23.6. The van der Waals surface area contributed by atoms with Crippen molar-refractivity contribution in [3.05, 3.63) is 82.3 Å². The van der Waals surface area contributed by atoms with Gasteiger partial charge in [-0.15, -0.1) is 0 Å². The first-order valence-corrected chi connectivity index (χ1v) is 10.7. The highest BCUT2D eigenvalue weighted by molar-refractivity contribution is 7.92. The molecule has 0 aliphatic carbocycles. The van der Waals surface area contributed by atoms with Crippen LogP contribution in [0.1, 0.15) is 23.8 Å². The van der Waals surface area contributed by atoms with Crippen LogP contribution in [0.25, 0.3) is 0 Å². The third kappa shape index (κ3) is 5.31. The van der Waals surface area contributed by atoms with Gasteiger partial charge in [0.15, 0.2) is 11.6 Å². The third-order valence-corrected chi connectivity index (χ3v) is 5.51. The van der Waals surface area contributed by atoms with E-state index >= 15 is 0 Å². The van der Waals surface area contributed by atoms with Gasteiger partial charge in [-0.2, -0.15) is 5.10 Å².